The molecule has 2 aromatic rings. The van der Waals surface area contributed by atoms with Gasteiger partial charge >= 0.3 is 5.69 Å². The minimum atomic E-state index is -0.503. The first-order valence-corrected chi connectivity index (χ1v) is 4.73. The Kier molecular flexibility index (Phi) is 2.73. The fraction of sp³-hybridized carbons (Fsp3) is 0.375. The first-order chi connectivity index (χ1) is 8.09. The molecule has 90 valence electrons. The minimum Gasteiger partial charge on any atom is -0.357 e. The molecule has 0 unspecified atom stereocenters. The number of hydrogen-bond donors (Lipinski definition) is 1. The van der Waals surface area contributed by atoms with Crippen molar-refractivity contribution in [2.45, 2.75) is 6.54 Å². The molecule has 1 N–H and O–H groups in total. The zero-order valence-electron chi connectivity index (χ0n) is 9.25. The van der Waals surface area contributed by atoms with Gasteiger partial charge in [0.05, 0.1) is 6.54 Å². The number of rotatable bonds is 3. The van der Waals surface area contributed by atoms with E-state index in [0.29, 0.717) is 5.82 Å². The van der Waals surface area contributed by atoms with Crippen LogP contribution in [0.3, 0.4) is 0 Å². The van der Waals surface area contributed by atoms with Crippen molar-refractivity contribution in [3.05, 3.63) is 33.1 Å². The Labute approximate surface area is 94.7 Å². The van der Waals surface area contributed by atoms with Crippen molar-refractivity contribution < 1.29 is 4.52 Å². The molecule has 0 bridgehead atoms. The van der Waals surface area contributed by atoms with Gasteiger partial charge in [0, 0.05) is 14.1 Å². The standard InChI is InChI=1S/C8H10N6O3/c1-13-7(15)6(11-14(2)8(13)16)9-3-5-10-4-17-12-5/h4H,3H2,1-2H3,(H,9,11). The molecule has 0 amide bonds. The van der Waals surface area contributed by atoms with Crippen LogP contribution in [0.25, 0.3) is 0 Å². The normalized spacial score (nSPS) is 10.5. The van der Waals surface area contributed by atoms with Crippen molar-refractivity contribution in [3.8, 4) is 0 Å². The average molecular weight is 238 g/mol. The topological polar surface area (TPSA) is 108 Å². The molecule has 0 aliphatic heterocycles. The van der Waals surface area contributed by atoms with E-state index in [2.05, 4.69) is 25.1 Å². The summed E-state index contributed by atoms with van der Waals surface area (Å²) in [6.45, 7) is 0.191. The van der Waals surface area contributed by atoms with E-state index in [1.807, 2.05) is 0 Å². The smallest absolute Gasteiger partial charge is 0.346 e. The molecule has 0 spiro atoms. The Hall–Kier alpha value is -2.45. The lowest BCUT2D eigenvalue weighted by molar-refractivity contribution is 0.411. The van der Waals surface area contributed by atoms with Crippen LogP contribution in [-0.2, 0) is 20.6 Å². The Bertz CT molecular complexity index is 626. The summed E-state index contributed by atoms with van der Waals surface area (Å²) in [6.07, 6.45) is 1.18. The van der Waals surface area contributed by atoms with Crippen LogP contribution in [-0.4, -0.2) is 24.5 Å². The van der Waals surface area contributed by atoms with Gasteiger partial charge in [-0.1, -0.05) is 5.16 Å². The molecule has 9 nitrogen and oxygen atoms in total. The predicted octanol–water partition coefficient (Wildman–Crippen LogP) is -1.53. The highest BCUT2D eigenvalue weighted by Crippen LogP contribution is 1.94. The molecule has 0 fully saturated rings. The van der Waals surface area contributed by atoms with Crippen LogP contribution in [0.1, 0.15) is 5.82 Å². The lowest BCUT2D eigenvalue weighted by atomic mass is 10.5. The van der Waals surface area contributed by atoms with Gasteiger partial charge in [0.15, 0.2) is 5.82 Å². The predicted molar refractivity (Wildman–Crippen MR) is 56.3 cm³/mol. The third-order valence-electron chi connectivity index (χ3n) is 2.14. The van der Waals surface area contributed by atoms with E-state index in [1.54, 1.807) is 0 Å². The van der Waals surface area contributed by atoms with Gasteiger partial charge in [-0.2, -0.15) is 4.98 Å². The van der Waals surface area contributed by atoms with E-state index in [4.69, 9.17) is 0 Å². The van der Waals surface area contributed by atoms with Crippen molar-refractivity contribution in [1.29, 1.82) is 0 Å². The summed E-state index contributed by atoms with van der Waals surface area (Å²) in [6, 6.07) is 0. The van der Waals surface area contributed by atoms with Crippen molar-refractivity contribution in [2.24, 2.45) is 14.1 Å². The molecule has 0 saturated heterocycles. The second-order valence-electron chi connectivity index (χ2n) is 3.32. The summed E-state index contributed by atoms with van der Waals surface area (Å²) in [5.74, 6) is 0.446. The highest BCUT2D eigenvalue weighted by Gasteiger charge is 2.08. The fourth-order valence-corrected chi connectivity index (χ4v) is 1.24. The lowest BCUT2D eigenvalue weighted by Crippen LogP contribution is -2.39. The maximum Gasteiger partial charge on any atom is 0.346 e. The monoisotopic (exact) mass is 238 g/mol. The van der Waals surface area contributed by atoms with Gasteiger partial charge in [0.1, 0.15) is 0 Å². The first-order valence-electron chi connectivity index (χ1n) is 4.73. The summed E-state index contributed by atoms with van der Waals surface area (Å²) in [5.41, 5.74) is -0.989. The third-order valence-corrected chi connectivity index (χ3v) is 2.14. The molecule has 0 atom stereocenters. The largest absolute Gasteiger partial charge is 0.357 e. The quantitative estimate of drug-likeness (QED) is 0.691. The van der Waals surface area contributed by atoms with Crippen molar-refractivity contribution in [2.75, 3.05) is 5.32 Å². The van der Waals surface area contributed by atoms with Crippen LogP contribution < -0.4 is 16.6 Å². The van der Waals surface area contributed by atoms with E-state index in [-0.39, 0.29) is 12.4 Å². The van der Waals surface area contributed by atoms with Crippen LogP contribution >= 0.6 is 0 Å². The lowest BCUT2D eigenvalue weighted by Gasteiger charge is -2.05. The molecule has 17 heavy (non-hydrogen) atoms. The molecule has 0 radical (unpaired) electrons. The first kappa shape index (κ1) is 11.0. The van der Waals surface area contributed by atoms with Crippen LogP contribution in [0.15, 0.2) is 20.5 Å². The zero-order chi connectivity index (χ0) is 12.4. The molecule has 0 aromatic carbocycles. The van der Waals surface area contributed by atoms with Crippen LogP contribution in [0.2, 0.25) is 0 Å². The summed E-state index contributed by atoms with van der Waals surface area (Å²) in [4.78, 5) is 26.8. The fourth-order valence-electron chi connectivity index (χ4n) is 1.24. The Balaban J connectivity index is 2.28. The van der Waals surface area contributed by atoms with Crippen LogP contribution in [0.4, 0.5) is 5.82 Å². The number of nitrogens with zero attached hydrogens (tertiary/aromatic N) is 5. The van der Waals surface area contributed by atoms with E-state index >= 15 is 0 Å². The second kappa shape index (κ2) is 4.20. The number of aromatic nitrogens is 5. The summed E-state index contributed by atoms with van der Waals surface area (Å²) in [7, 11) is 2.84. The number of anilines is 1. The number of hydrogen-bond acceptors (Lipinski definition) is 7. The van der Waals surface area contributed by atoms with Crippen LogP contribution in [0.5, 0.6) is 0 Å². The van der Waals surface area contributed by atoms with Gasteiger partial charge in [-0.15, -0.1) is 5.10 Å². The van der Waals surface area contributed by atoms with Gasteiger partial charge in [0.25, 0.3) is 5.56 Å². The van der Waals surface area contributed by atoms with E-state index in [1.165, 1.54) is 20.5 Å². The Morgan fingerprint density at radius 3 is 2.82 bits per heavy atom. The maximum atomic E-state index is 11.7. The number of aryl methyl sites for hydroxylation is 1. The van der Waals surface area contributed by atoms with Crippen molar-refractivity contribution in [3.63, 3.8) is 0 Å². The minimum absolute atomic E-state index is 0.0550. The Morgan fingerprint density at radius 1 is 1.41 bits per heavy atom. The van der Waals surface area contributed by atoms with Crippen molar-refractivity contribution >= 4 is 5.82 Å². The van der Waals surface area contributed by atoms with E-state index < -0.39 is 11.2 Å². The highest BCUT2D eigenvalue weighted by molar-refractivity contribution is 5.29. The van der Waals surface area contributed by atoms with Gasteiger partial charge in [-0.05, 0) is 0 Å². The molecule has 9 heteroatoms. The number of nitrogens with one attached hydrogen (secondary N) is 1. The van der Waals surface area contributed by atoms with Gasteiger partial charge in [-0.25, -0.2) is 9.48 Å². The molecule has 2 aromatic heterocycles. The molecule has 2 rings (SSSR count). The maximum absolute atomic E-state index is 11.7. The van der Waals surface area contributed by atoms with Gasteiger partial charge in [0.2, 0.25) is 12.2 Å². The summed E-state index contributed by atoms with van der Waals surface area (Å²) < 4.78 is 6.57. The van der Waals surface area contributed by atoms with Crippen molar-refractivity contribution in [1.82, 2.24) is 24.5 Å². The summed E-state index contributed by atoms with van der Waals surface area (Å²) in [5, 5.41) is 10.1. The molecular formula is C8H10N6O3. The average Bonchev–Trinajstić information content (AvgIpc) is 2.82. The molecular weight excluding hydrogens is 228 g/mol. The Morgan fingerprint density at radius 2 is 2.18 bits per heavy atom. The van der Waals surface area contributed by atoms with E-state index in [0.717, 1.165) is 9.25 Å². The third kappa shape index (κ3) is 2.07. The highest BCUT2D eigenvalue weighted by atomic mass is 16.5. The molecule has 0 aliphatic rings. The SMILES string of the molecule is Cn1nc(NCc2ncon2)c(=O)n(C)c1=O. The molecule has 2 heterocycles. The molecule has 0 saturated carbocycles. The second-order valence-corrected chi connectivity index (χ2v) is 3.32. The van der Waals surface area contributed by atoms with Gasteiger partial charge in [-0.3, -0.25) is 9.36 Å². The van der Waals surface area contributed by atoms with Gasteiger partial charge < -0.3 is 9.84 Å². The van der Waals surface area contributed by atoms with E-state index in [9.17, 15) is 9.59 Å². The summed E-state index contributed by atoms with van der Waals surface area (Å²) >= 11 is 0. The molecule has 0 aliphatic carbocycles. The zero-order valence-corrected chi connectivity index (χ0v) is 9.25. The van der Waals surface area contributed by atoms with Crippen LogP contribution in [0, 0.1) is 0 Å².